The van der Waals surface area contributed by atoms with Crippen molar-refractivity contribution < 1.29 is 37.3 Å². The number of rotatable bonds is 12. The molecule has 0 aliphatic carbocycles. The summed E-state index contributed by atoms with van der Waals surface area (Å²) in [6.07, 6.45) is -4.60. The third-order valence-corrected chi connectivity index (χ3v) is 6.77. The van der Waals surface area contributed by atoms with E-state index >= 15 is 0 Å². The van der Waals surface area contributed by atoms with Crippen molar-refractivity contribution >= 4 is 11.8 Å². The Balaban J connectivity index is 0.000000771. The molecule has 0 saturated heterocycles. The molecule has 5 N–H and O–H groups in total. The minimum Gasteiger partial charge on any atom is -0.494 e. The molecule has 0 aliphatic rings. The van der Waals surface area contributed by atoms with E-state index in [1.165, 1.54) is 4.68 Å². The van der Waals surface area contributed by atoms with Crippen molar-refractivity contribution in [3.8, 4) is 22.9 Å². The number of nitrogen functional groups attached to an aromatic ring is 1. The largest absolute Gasteiger partial charge is 0.494 e. The number of benzene rings is 3. The van der Waals surface area contributed by atoms with Gasteiger partial charge in [0, 0.05) is 18.0 Å². The number of hydrogen-bond donors (Lipinski definition) is 4. The van der Waals surface area contributed by atoms with Crippen LogP contribution in [0.1, 0.15) is 35.4 Å². The molecule has 15 heteroatoms. The fourth-order valence-corrected chi connectivity index (χ4v) is 4.66. The number of aromatic amines is 1. The summed E-state index contributed by atoms with van der Waals surface area (Å²) < 4.78 is 50.4. The Labute approximate surface area is 269 Å². The highest BCUT2D eigenvalue weighted by molar-refractivity contribution is 5.94. The lowest BCUT2D eigenvalue weighted by Gasteiger charge is -2.22. The number of alkyl halides is 3. The maximum atomic E-state index is 13.1. The van der Waals surface area contributed by atoms with Crippen LogP contribution in [0.5, 0.6) is 17.2 Å². The molecule has 0 saturated carbocycles. The molecule has 1 heterocycles. The molecule has 2 unspecified atom stereocenters. The minimum atomic E-state index is -5.08. The van der Waals surface area contributed by atoms with Gasteiger partial charge in [0.05, 0.1) is 14.2 Å². The number of para-hydroxylation sites is 2. The number of amidine groups is 1. The standard InChI is InChI=1S/C30H36N6O4.C2HF3O2/c1-19(18-35(2)3)40-26-15-14-22(17-27(26)39-5)23(16-20-10-12-21(13-11-20)28(31)32)29-33-30(37)36(34-29)24-8-6-7-9-25(24)38-4;3-2(4,5)1(6)7/h6-15,17,19,23H,16,18H2,1-5H3,(H3,31,32)(H,33,34,37);(H,6,7). The van der Waals surface area contributed by atoms with Gasteiger partial charge >= 0.3 is 17.8 Å². The van der Waals surface area contributed by atoms with Gasteiger partial charge in [0.15, 0.2) is 11.5 Å². The van der Waals surface area contributed by atoms with E-state index < -0.39 is 12.1 Å². The fraction of sp³-hybridized carbons (Fsp3) is 0.312. The van der Waals surface area contributed by atoms with Crippen molar-refractivity contribution in [2.75, 3.05) is 34.9 Å². The highest BCUT2D eigenvalue weighted by Gasteiger charge is 2.38. The Bertz CT molecular complexity index is 1720. The van der Waals surface area contributed by atoms with E-state index in [1.807, 2.05) is 75.6 Å². The summed E-state index contributed by atoms with van der Waals surface area (Å²) in [5.41, 5.74) is 8.33. The monoisotopic (exact) mass is 658 g/mol. The van der Waals surface area contributed by atoms with Gasteiger partial charge in [0.25, 0.3) is 0 Å². The minimum absolute atomic E-state index is 0.00630. The van der Waals surface area contributed by atoms with Crippen LogP contribution in [-0.2, 0) is 11.2 Å². The lowest BCUT2D eigenvalue weighted by molar-refractivity contribution is -0.192. The fourth-order valence-electron chi connectivity index (χ4n) is 4.66. The van der Waals surface area contributed by atoms with Gasteiger partial charge in [-0.2, -0.15) is 17.9 Å². The predicted molar refractivity (Wildman–Crippen MR) is 169 cm³/mol. The van der Waals surface area contributed by atoms with Crippen LogP contribution in [-0.4, -0.2) is 83.7 Å². The molecular weight excluding hydrogens is 621 g/mol. The maximum absolute atomic E-state index is 13.1. The summed E-state index contributed by atoms with van der Waals surface area (Å²) in [6, 6.07) is 20.5. The van der Waals surface area contributed by atoms with Gasteiger partial charge in [-0.15, -0.1) is 5.10 Å². The van der Waals surface area contributed by atoms with Crippen molar-refractivity contribution in [2.45, 2.75) is 31.5 Å². The number of aromatic nitrogens is 3. The Morgan fingerprint density at radius 2 is 1.66 bits per heavy atom. The van der Waals surface area contributed by atoms with Crippen LogP contribution in [0.4, 0.5) is 13.2 Å². The van der Waals surface area contributed by atoms with E-state index in [9.17, 15) is 18.0 Å². The summed E-state index contributed by atoms with van der Waals surface area (Å²) >= 11 is 0. The van der Waals surface area contributed by atoms with Gasteiger partial charge in [-0.1, -0.05) is 42.5 Å². The van der Waals surface area contributed by atoms with Crippen molar-refractivity contribution in [3.05, 3.63) is 99.7 Å². The first-order valence-electron chi connectivity index (χ1n) is 14.2. The maximum Gasteiger partial charge on any atom is 0.490 e. The Kier molecular flexibility index (Phi) is 12.2. The second-order valence-corrected chi connectivity index (χ2v) is 10.7. The number of nitrogens with one attached hydrogen (secondary N) is 2. The van der Waals surface area contributed by atoms with Crippen molar-refractivity contribution in [1.82, 2.24) is 19.7 Å². The number of halogens is 3. The number of carboxylic acid groups (broad SMARTS) is 1. The molecule has 4 rings (SSSR count). The number of carbonyl (C=O) groups is 1. The smallest absolute Gasteiger partial charge is 0.490 e. The number of likely N-dealkylation sites (N-methyl/N-ethyl adjacent to an activating group) is 1. The quantitative estimate of drug-likeness (QED) is 0.129. The van der Waals surface area contributed by atoms with Crippen LogP contribution in [0.3, 0.4) is 0 Å². The van der Waals surface area contributed by atoms with Crippen LogP contribution >= 0.6 is 0 Å². The Hall–Kier alpha value is -5.31. The second kappa shape index (κ2) is 15.8. The average molecular weight is 659 g/mol. The zero-order valence-corrected chi connectivity index (χ0v) is 26.5. The van der Waals surface area contributed by atoms with Crippen LogP contribution in [0, 0.1) is 5.41 Å². The SMILES string of the molecule is COc1cc(C(Cc2ccc(C(=N)N)cc2)c2nn(-c3ccccc3OC)c(=O)[nH]2)ccc1OC(C)CN(C)C.O=C(O)C(F)(F)F. The second-order valence-electron chi connectivity index (χ2n) is 10.7. The van der Waals surface area contributed by atoms with E-state index in [1.54, 1.807) is 26.4 Å². The summed E-state index contributed by atoms with van der Waals surface area (Å²) in [7, 11) is 7.16. The van der Waals surface area contributed by atoms with E-state index in [0.29, 0.717) is 40.7 Å². The molecule has 3 aromatic carbocycles. The molecule has 0 spiro atoms. The third-order valence-electron chi connectivity index (χ3n) is 6.77. The third kappa shape index (κ3) is 9.84. The van der Waals surface area contributed by atoms with Gasteiger partial charge < -0.3 is 30.0 Å². The van der Waals surface area contributed by atoms with Gasteiger partial charge in [0.1, 0.15) is 29.2 Å². The molecule has 0 fully saturated rings. The molecule has 252 valence electrons. The lowest BCUT2D eigenvalue weighted by Crippen LogP contribution is -2.28. The Morgan fingerprint density at radius 1 is 1.04 bits per heavy atom. The molecule has 0 radical (unpaired) electrons. The number of nitrogens with two attached hydrogens (primary N) is 1. The van der Waals surface area contributed by atoms with Crippen LogP contribution < -0.4 is 25.6 Å². The first kappa shape index (κ1) is 36.2. The van der Waals surface area contributed by atoms with Gasteiger partial charge in [-0.3, -0.25) is 10.4 Å². The van der Waals surface area contributed by atoms with E-state index in [4.69, 9.17) is 40.4 Å². The van der Waals surface area contributed by atoms with Crippen LogP contribution in [0.15, 0.2) is 71.5 Å². The molecular formula is C32H37F3N6O6. The molecule has 12 nitrogen and oxygen atoms in total. The number of nitrogens with zero attached hydrogens (tertiary/aromatic N) is 3. The summed E-state index contributed by atoms with van der Waals surface area (Å²) in [5, 5.41) is 19.5. The summed E-state index contributed by atoms with van der Waals surface area (Å²) in [4.78, 5) is 27.0. The topological polar surface area (TPSA) is 169 Å². The van der Waals surface area contributed by atoms with Crippen molar-refractivity contribution in [2.24, 2.45) is 5.73 Å². The summed E-state index contributed by atoms with van der Waals surface area (Å²) in [5.74, 6) is -0.824. The first-order valence-corrected chi connectivity index (χ1v) is 14.2. The van der Waals surface area contributed by atoms with Crippen LogP contribution in [0.2, 0.25) is 0 Å². The van der Waals surface area contributed by atoms with Gasteiger partial charge in [-0.05, 0) is 62.8 Å². The van der Waals surface area contributed by atoms with E-state index in [-0.39, 0.29) is 23.5 Å². The predicted octanol–water partition coefficient (Wildman–Crippen LogP) is 4.20. The van der Waals surface area contributed by atoms with Crippen LogP contribution in [0.25, 0.3) is 5.69 Å². The molecule has 0 bridgehead atoms. The number of methoxy groups -OCH3 is 2. The zero-order valence-electron chi connectivity index (χ0n) is 26.5. The van der Waals surface area contributed by atoms with Gasteiger partial charge in [0.2, 0.25) is 0 Å². The number of carboxylic acids is 1. The number of aliphatic carboxylic acids is 1. The molecule has 2 atom stereocenters. The number of hydrogen-bond acceptors (Lipinski definition) is 8. The lowest BCUT2D eigenvalue weighted by atomic mass is 9.90. The normalized spacial score (nSPS) is 12.4. The molecule has 4 aromatic rings. The van der Waals surface area contributed by atoms with E-state index in [2.05, 4.69) is 9.88 Å². The molecule has 0 aliphatic heterocycles. The highest BCUT2D eigenvalue weighted by atomic mass is 19.4. The molecule has 1 aromatic heterocycles. The van der Waals surface area contributed by atoms with Crippen molar-refractivity contribution in [1.29, 1.82) is 5.41 Å². The Morgan fingerprint density at radius 3 is 2.21 bits per heavy atom. The molecule has 0 amide bonds. The van der Waals surface area contributed by atoms with E-state index in [0.717, 1.165) is 17.7 Å². The average Bonchev–Trinajstić information content (AvgIpc) is 3.40. The number of ether oxygens (including phenoxy) is 3. The summed E-state index contributed by atoms with van der Waals surface area (Å²) in [6.45, 7) is 2.77. The first-order chi connectivity index (χ1) is 22.1. The zero-order chi connectivity index (χ0) is 34.9. The van der Waals surface area contributed by atoms with Gasteiger partial charge in [-0.25, -0.2) is 9.59 Å². The molecule has 47 heavy (non-hydrogen) atoms. The van der Waals surface area contributed by atoms with Crippen molar-refractivity contribution in [3.63, 3.8) is 0 Å². The number of H-pyrrole nitrogens is 1. The highest BCUT2D eigenvalue weighted by Crippen LogP contribution is 2.35.